The fourth-order valence-corrected chi connectivity index (χ4v) is 3.10. The highest BCUT2D eigenvalue weighted by atomic mass is 32.2. The normalized spacial score (nSPS) is 12.9. The summed E-state index contributed by atoms with van der Waals surface area (Å²) in [4.78, 5) is 5.76. The van der Waals surface area contributed by atoms with Crippen molar-refractivity contribution in [2.24, 2.45) is 0 Å². The van der Waals surface area contributed by atoms with E-state index >= 15 is 0 Å². The van der Waals surface area contributed by atoms with Gasteiger partial charge in [-0.3, -0.25) is 0 Å². The van der Waals surface area contributed by atoms with Crippen molar-refractivity contribution in [2.45, 2.75) is 39.7 Å². The highest BCUT2D eigenvalue weighted by Gasteiger charge is 2.11. The zero-order chi connectivity index (χ0) is 11.8. The number of rotatable bonds is 8. The van der Waals surface area contributed by atoms with Crippen LogP contribution in [0.3, 0.4) is 0 Å². The molecule has 4 heteroatoms. The van der Waals surface area contributed by atoms with Crippen LogP contribution in [-0.2, 0) is 0 Å². The zero-order valence-corrected chi connectivity index (χ0v) is 12.1. The number of aryl methyl sites for hydroxylation is 1. The van der Waals surface area contributed by atoms with E-state index < -0.39 is 0 Å². The summed E-state index contributed by atoms with van der Waals surface area (Å²) in [6.07, 6.45) is 4.34. The first-order valence-corrected chi connectivity index (χ1v) is 7.98. The third-order valence-corrected chi connectivity index (χ3v) is 4.42. The predicted octanol–water partition coefficient (Wildman–Crippen LogP) is 3.64. The van der Waals surface area contributed by atoms with Crippen LogP contribution in [0.5, 0.6) is 0 Å². The molecule has 0 spiro atoms. The lowest BCUT2D eigenvalue weighted by atomic mass is 10.2. The standard InChI is InChI=1S/C12H22N2S2/c1-4-11(12-14-9-10(3)16-12)13-7-6-8-15-5-2/h9,11,13H,4-8H2,1-3H3. The monoisotopic (exact) mass is 258 g/mol. The van der Waals surface area contributed by atoms with Gasteiger partial charge in [0.2, 0.25) is 0 Å². The van der Waals surface area contributed by atoms with E-state index in [-0.39, 0.29) is 0 Å². The van der Waals surface area contributed by atoms with E-state index in [2.05, 4.69) is 31.1 Å². The molecule has 0 aliphatic carbocycles. The fraction of sp³-hybridized carbons (Fsp3) is 0.750. The zero-order valence-electron chi connectivity index (χ0n) is 10.5. The Morgan fingerprint density at radius 3 is 2.88 bits per heavy atom. The topological polar surface area (TPSA) is 24.9 Å². The van der Waals surface area contributed by atoms with E-state index in [1.165, 1.54) is 27.8 Å². The maximum Gasteiger partial charge on any atom is 0.110 e. The first kappa shape index (κ1) is 14.0. The van der Waals surface area contributed by atoms with Crippen LogP contribution < -0.4 is 5.32 Å². The Hall–Kier alpha value is -0.0600. The van der Waals surface area contributed by atoms with Crippen LogP contribution in [0.4, 0.5) is 0 Å². The summed E-state index contributed by atoms with van der Waals surface area (Å²) in [5.41, 5.74) is 0. The second-order valence-corrected chi connectivity index (χ2v) is 6.43. The van der Waals surface area contributed by atoms with Gasteiger partial charge >= 0.3 is 0 Å². The van der Waals surface area contributed by atoms with Crippen molar-refractivity contribution in [3.63, 3.8) is 0 Å². The Balaban J connectivity index is 2.27. The molecule has 1 aromatic rings. The average molecular weight is 258 g/mol. The van der Waals surface area contributed by atoms with E-state index in [1.807, 2.05) is 29.3 Å². The number of hydrogen-bond acceptors (Lipinski definition) is 4. The molecule has 92 valence electrons. The number of aromatic nitrogens is 1. The number of thioether (sulfide) groups is 1. The lowest BCUT2D eigenvalue weighted by Gasteiger charge is -2.13. The summed E-state index contributed by atoms with van der Waals surface area (Å²) in [7, 11) is 0. The molecular weight excluding hydrogens is 236 g/mol. The number of nitrogens with zero attached hydrogens (tertiary/aromatic N) is 1. The molecule has 1 heterocycles. The smallest absolute Gasteiger partial charge is 0.110 e. The van der Waals surface area contributed by atoms with Crippen LogP contribution in [0.1, 0.15) is 42.6 Å². The number of nitrogens with one attached hydrogen (secondary N) is 1. The van der Waals surface area contributed by atoms with Gasteiger partial charge in [0.25, 0.3) is 0 Å². The van der Waals surface area contributed by atoms with Gasteiger partial charge in [-0.25, -0.2) is 4.98 Å². The van der Waals surface area contributed by atoms with Crippen LogP contribution in [0.15, 0.2) is 6.20 Å². The summed E-state index contributed by atoms with van der Waals surface area (Å²) in [5.74, 6) is 2.49. The molecule has 0 aliphatic rings. The Bertz CT molecular complexity index is 286. The molecule has 1 rings (SSSR count). The van der Waals surface area contributed by atoms with Crippen molar-refractivity contribution in [1.29, 1.82) is 0 Å². The molecule has 0 radical (unpaired) electrons. The van der Waals surface area contributed by atoms with E-state index in [4.69, 9.17) is 0 Å². The second-order valence-electron chi connectivity index (χ2n) is 3.77. The Labute approximate surface area is 107 Å². The van der Waals surface area contributed by atoms with Crippen molar-refractivity contribution in [3.05, 3.63) is 16.1 Å². The van der Waals surface area contributed by atoms with Crippen molar-refractivity contribution in [2.75, 3.05) is 18.1 Å². The van der Waals surface area contributed by atoms with Crippen LogP contribution in [-0.4, -0.2) is 23.0 Å². The SMILES string of the molecule is CCSCCCNC(CC)c1ncc(C)s1. The molecule has 0 saturated carbocycles. The fourth-order valence-electron chi connectivity index (χ4n) is 1.53. The predicted molar refractivity (Wildman–Crippen MR) is 75.5 cm³/mol. The molecule has 1 N–H and O–H groups in total. The molecule has 0 saturated heterocycles. The molecule has 0 aromatic carbocycles. The van der Waals surface area contributed by atoms with Gasteiger partial charge in [0, 0.05) is 11.1 Å². The minimum atomic E-state index is 0.449. The van der Waals surface area contributed by atoms with Crippen LogP contribution in [0, 0.1) is 6.92 Å². The molecule has 0 aliphatic heterocycles. The highest BCUT2D eigenvalue weighted by Crippen LogP contribution is 2.21. The molecule has 0 bridgehead atoms. The van der Waals surface area contributed by atoms with Gasteiger partial charge in [-0.2, -0.15) is 11.8 Å². The van der Waals surface area contributed by atoms with Gasteiger partial charge in [0.05, 0.1) is 6.04 Å². The van der Waals surface area contributed by atoms with Gasteiger partial charge in [-0.15, -0.1) is 11.3 Å². The first-order valence-electron chi connectivity index (χ1n) is 6.01. The third-order valence-electron chi connectivity index (χ3n) is 2.41. The van der Waals surface area contributed by atoms with Crippen molar-refractivity contribution < 1.29 is 0 Å². The lowest BCUT2D eigenvalue weighted by Crippen LogP contribution is -2.22. The minimum Gasteiger partial charge on any atom is -0.308 e. The molecule has 16 heavy (non-hydrogen) atoms. The molecule has 1 aromatic heterocycles. The number of thiazole rings is 1. The van der Waals surface area contributed by atoms with Crippen molar-refractivity contribution in [3.8, 4) is 0 Å². The van der Waals surface area contributed by atoms with Gasteiger partial charge in [-0.05, 0) is 37.8 Å². The number of hydrogen-bond donors (Lipinski definition) is 1. The summed E-state index contributed by atoms with van der Waals surface area (Å²) < 4.78 is 0. The van der Waals surface area contributed by atoms with Gasteiger partial charge in [0.15, 0.2) is 0 Å². The Kier molecular flexibility index (Phi) is 7.08. The van der Waals surface area contributed by atoms with Gasteiger partial charge < -0.3 is 5.32 Å². The van der Waals surface area contributed by atoms with E-state index in [0.717, 1.165) is 13.0 Å². The maximum absolute atomic E-state index is 4.45. The average Bonchev–Trinajstić information content (AvgIpc) is 2.70. The summed E-state index contributed by atoms with van der Waals surface area (Å²) >= 11 is 3.82. The van der Waals surface area contributed by atoms with E-state index in [0.29, 0.717) is 6.04 Å². The quantitative estimate of drug-likeness (QED) is 0.721. The Morgan fingerprint density at radius 1 is 1.50 bits per heavy atom. The summed E-state index contributed by atoms with van der Waals surface area (Å²) in [6.45, 7) is 7.65. The van der Waals surface area contributed by atoms with Crippen molar-refractivity contribution in [1.82, 2.24) is 10.3 Å². The molecule has 2 nitrogen and oxygen atoms in total. The minimum absolute atomic E-state index is 0.449. The first-order chi connectivity index (χ1) is 7.77. The highest BCUT2D eigenvalue weighted by molar-refractivity contribution is 7.99. The summed E-state index contributed by atoms with van der Waals surface area (Å²) in [6, 6.07) is 0.449. The van der Waals surface area contributed by atoms with Gasteiger partial charge in [-0.1, -0.05) is 13.8 Å². The second kappa shape index (κ2) is 8.09. The lowest BCUT2D eigenvalue weighted by molar-refractivity contribution is 0.517. The molecule has 0 amide bonds. The van der Waals surface area contributed by atoms with Crippen LogP contribution in [0.25, 0.3) is 0 Å². The van der Waals surface area contributed by atoms with Gasteiger partial charge in [0.1, 0.15) is 5.01 Å². The maximum atomic E-state index is 4.45. The largest absolute Gasteiger partial charge is 0.308 e. The van der Waals surface area contributed by atoms with Crippen LogP contribution >= 0.6 is 23.1 Å². The molecule has 1 atom stereocenters. The Morgan fingerprint density at radius 2 is 2.31 bits per heavy atom. The molecule has 0 fully saturated rings. The third kappa shape index (κ3) is 4.85. The van der Waals surface area contributed by atoms with E-state index in [1.54, 1.807) is 0 Å². The molecule has 1 unspecified atom stereocenters. The molecular formula is C12H22N2S2. The summed E-state index contributed by atoms with van der Waals surface area (Å²) in [5, 5.41) is 4.83. The van der Waals surface area contributed by atoms with Crippen molar-refractivity contribution >= 4 is 23.1 Å². The van der Waals surface area contributed by atoms with E-state index in [9.17, 15) is 0 Å². The van der Waals surface area contributed by atoms with Crippen LogP contribution in [0.2, 0.25) is 0 Å².